The van der Waals surface area contributed by atoms with Crippen molar-refractivity contribution < 1.29 is 9.47 Å². The van der Waals surface area contributed by atoms with E-state index >= 15 is 0 Å². The summed E-state index contributed by atoms with van der Waals surface area (Å²) in [6, 6.07) is 0.401. The van der Waals surface area contributed by atoms with E-state index in [2.05, 4.69) is 36.4 Å². The van der Waals surface area contributed by atoms with E-state index in [0.29, 0.717) is 12.0 Å². The predicted molar refractivity (Wildman–Crippen MR) is 83.2 cm³/mol. The van der Waals surface area contributed by atoms with Gasteiger partial charge in [-0.1, -0.05) is 0 Å². The molecule has 118 valence electrons. The van der Waals surface area contributed by atoms with Gasteiger partial charge in [0.25, 0.3) is 0 Å². The number of hydrogen-bond donors (Lipinski definition) is 2. The fraction of sp³-hybridized carbons (Fsp3) is 0.933. The van der Waals surface area contributed by atoms with Crippen LogP contribution in [-0.2, 0) is 9.47 Å². The van der Waals surface area contributed by atoms with Gasteiger partial charge in [-0.25, -0.2) is 0 Å². The van der Waals surface area contributed by atoms with Gasteiger partial charge in [-0.3, -0.25) is 4.99 Å². The molecular weight excluding hydrogens is 254 g/mol. The molecule has 0 aliphatic carbocycles. The summed E-state index contributed by atoms with van der Waals surface area (Å²) < 4.78 is 11.1. The number of guanidine groups is 1. The summed E-state index contributed by atoms with van der Waals surface area (Å²) in [6.45, 7) is 11.5. The lowest BCUT2D eigenvalue weighted by Gasteiger charge is -2.21. The minimum atomic E-state index is 0.401. The summed E-state index contributed by atoms with van der Waals surface area (Å²) >= 11 is 0. The van der Waals surface area contributed by atoms with E-state index in [4.69, 9.17) is 9.47 Å². The van der Waals surface area contributed by atoms with Crippen molar-refractivity contribution in [1.82, 2.24) is 10.6 Å². The molecule has 5 nitrogen and oxygen atoms in total. The summed E-state index contributed by atoms with van der Waals surface area (Å²) in [7, 11) is 0. The molecule has 0 radical (unpaired) electrons. The van der Waals surface area contributed by atoms with Crippen molar-refractivity contribution in [1.29, 1.82) is 0 Å². The van der Waals surface area contributed by atoms with Crippen LogP contribution in [0.2, 0.25) is 0 Å². The van der Waals surface area contributed by atoms with Crippen LogP contribution in [-0.4, -0.2) is 51.5 Å². The second kappa shape index (κ2) is 10.9. The van der Waals surface area contributed by atoms with Crippen LogP contribution in [0.5, 0.6) is 0 Å². The topological polar surface area (TPSA) is 54.9 Å². The minimum absolute atomic E-state index is 0.401. The Labute approximate surface area is 123 Å². The van der Waals surface area contributed by atoms with Gasteiger partial charge in [0.2, 0.25) is 0 Å². The summed E-state index contributed by atoms with van der Waals surface area (Å²) in [5, 5.41) is 6.55. The highest BCUT2D eigenvalue weighted by Crippen LogP contribution is 2.14. The molecule has 1 heterocycles. The molecule has 0 atom stereocenters. The van der Waals surface area contributed by atoms with E-state index in [1.807, 2.05) is 0 Å². The second-order valence-corrected chi connectivity index (χ2v) is 5.54. The highest BCUT2D eigenvalue weighted by atomic mass is 16.5. The molecule has 5 heteroatoms. The fourth-order valence-electron chi connectivity index (χ4n) is 2.11. The lowest BCUT2D eigenvalue weighted by molar-refractivity contribution is 0.0205. The molecule has 1 fully saturated rings. The molecule has 0 aromatic rings. The molecule has 0 spiro atoms. The number of nitrogens with zero attached hydrogens (tertiary/aromatic N) is 1. The summed E-state index contributed by atoms with van der Waals surface area (Å²) in [5.41, 5.74) is 0. The van der Waals surface area contributed by atoms with Gasteiger partial charge in [0, 0.05) is 45.6 Å². The van der Waals surface area contributed by atoms with Crippen LogP contribution in [0.3, 0.4) is 0 Å². The monoisotopic (exact) mass is 285 g/mol. The molecule has 0 aromatic heterocycles. The van der Waals surface area contributed by atoms with Crippen molar-refractivity contribution >= 4 is 5.96 Å². The highest BCUT2D eigenvalue weighted by Gasteiger charge is 2.13. The van der Waals surface area contributed by atoms with Gasteiger partial charge >= 0.3 is 0 Å². The number of rotatable bonds is 8. The Kier molecular flexibility index (Phi) is 9.41. The van der Waals surface area contributed by atoms with E-state index in [9.17, 15) is 0 Å². The Bertz CT molecular complexity index is 264. The first-order valence-corrected chi connectivity index (χ1v) is 7.92. The maximum absolute atomic E-state index is 5.73. The molecular formula is C15H31N3O2. The van der Waals surface area contributed by atoms with E-state index in [1.54, 1.807) is 0 Å². The zero-order valence-electron chi connectivity index (χ0n) is 13.3. The van der Waals surface area contributed by atoms with Gasteiger partial charge in [0.15, 0.2) is 5.96 Å². The third-order valence-corrected chi connectivity index (χ3v) is 3.18. The molecule has 1 rings (SSSR count). The van der Waals surface area contributed by atoms with Crippen LogP contribution in [0.25, 0.3) is 0 Å². The predicted octanol–water partition coefficient (Wildman–Crippen LogP) is 1.78. The van der Waals surface area contributed by atoms with Gasteiger partial charge in [-0.05, 0) is 46.0 Å². The zero-order chi connectivity index (χ0) is 14.6. The number of aliphatic imine (C=N–C) groups is 1. The van der Waals surface area contributed by atoms with Crippen molar-refractivity contribution in [2.45, 2.75) is 46.1 Å². The van der Waals surface area contributed by atoms with Crippen LogP contribution in [0.4, 0.5) is 0 Å². The number of hydrogen-bond acceptors (Lipinski definition) is 3. The standard InChI is InChI=1S/C15H31N3O2/c1-4-16-15(18-13(2)3)17-8-5-9-20-12-14-6-10-19-11-7-14/h13-14H,4-12H2,1-3H3,(H2,16,17,18). The van der Waals surface area contributed by atoms with Gasteiger partial charge in [-0.15, -0.1) is 0 Å². The molecule has 0 unspecified atom stereocenters. The maximum atomic E-state index is 5.73. The van der Waals surface area contributed by atoms with Crippen LogP contribution in [0, 0.1) is 5.92 Å². The van der Waals surface area contributed by atoms with Gasteiger partial charge < -0.3 is 20.1 Å². The first kappa shape index (κ1) is 17.2. The maximum Gasteiger partial charge on any atom is 0.191 e. The third-order valence-electron chi connectivity index (χ3n) is 3.18. The molecule has 0 amide bonds. The lowest BCUT2D eigenvalue weighted by atomic mass is 10.0. The Morgan fingerprint density at radius 2 is 2.10 bits per heavy atom. The first-order valence-electron chi connectivity index (χ1n) is 7.92. The Balaban J connectivity index is 2.06. The Morgan fingerprint density at radius 1 is 1.35 bits per heavy atom. The van der Waals surface area contributed by atoms with Crippen LogP contribution >= 0.6 is 0 Å². The summed E-state index contributed by atoms with van der Waals surface area (Å²) in [5.74, 6) is 1.58. The zero-order valence-corrected chi connectivity index (χ0v) is 13.3. The molecule has 1 aliphatic heterocycles. The Morgan fingerprint density at radius 3 is 2.75 bits per heavy atom. The largest absolute Gasteiger partial charge is 0.381 e. The number of ether oxygens (including phenoxy) is 2. The summed E-state index contributed by atoms with van der Waals surface area (Å²) in [6.07, 6.45) is 3.25. The molecule has 1 saturated heterocycles. The molecule has 20 heavy (non-hydrogen) atoms. The third kappa shape index (κ3) is 8.38. The normalized spacial score (nSPS) is 17.5. The first-order chi connectivity index (χ1) is 9.72. The average molecular weight is 285 g/mol. The van der Waals surface area contributed by atoms with Gasteiger partial charge in [0.1, 0.15) is 0 Å². The van der Waals surface area contributed by atoms with Gasteiger partial charge in [0.05, 0.1) is 0 Å². The summed E-state index contributed by atoms with van der Waals surface area (Å²) in [4.78, 5) is 4.53. The smallest absolute Gasteiger partial charge is 0.191 e. The number of nitrogens with one attached hydrogen (secondary N) is 2. The van der Waals surface area contributed by atoms with E-state index < -0.39 is 0 Å². The fourth-order valence-corrected chi connectivity index (χ4v) is 2.11. The molecule has 1 aliphatic rings. The van der Waals surface area contributed by atoms with Crippen molar-refractivity contribution in [3.63, 3.8) is 0 Å². The van der Waals surface area contributed by atoms with E-state index in [-0.39, 0.29) is 0 Å². The van der Waals surface area contributed by atoms with Crippen LogP contribution < -0.4 is 10.6 Å². The second-order valence-electron chi connectivity index (χ2n) is 5.54. The molecule has 0 aromatic carbocycles. The molecule has 0 saturated carbocycles. The van der Waals surface area contributed by atoms with Crippen LogP contribution in [0.1, 0.15) is 40.0 Å². The SMILES string of the molecule is CCNC(=NCCCOCC1CCOCC1)NC(C)C. The average Bonchev–Trinajstić information content (AvgIpc) is 2.43. The lowest BCUT2D eigenvalue weighted by Crippen LogP contribution is -2.41. The van der Waals surface area contributed by atoms with Gasteiger partial charge in [-0.2, -0.15) is 0 Å². The highest BCUT2D eigenvalue weighted by molar-refractivity contribution is 5.79. The van der Waals surface area contributed by atoms with Crippen molar-refractivity contribution in [2.75, 3.05) is 39.5 Å². The quantitative estimate of drug-likeness (QED) is 0.405. The van der Waals surface area contributed by atoms with Crippen LogP contribution in [0.15, 0.2) is 4.99 Å². The van der Waals surface area contributed by atoms with Crippen molar-refractivity contribution in [3.8, 4) is 0 Å². The molecule has 2 N–H and O–H groups in total. The van der Waals surface area contributed by atoms with E-state index in [1.165, 1.54) is 0 Å². The van der Waals surface area contributed by atoms with E-state index in [0.717, 1.165) is 64.7 Å². The van der Waals surface area contributed by atoms with Crippen molar-refractivity contribution in [3.05, 3.63) is 0 Å². The van der Waals surface area contributed by atoms with Crippen molar-refractivity contribution in [2.24, 2.45) is 10.9 Å². The molecule has 0 bridgehead atoms. The minimum Gasteiger partial charge on any atom is -0.381 e. The Hall–Kier alpha value is -0.810.